The number of ether oxygens (including phenoxy) is 1. The Hall–Kier alpha value is -2.17. The van der Waals surface area contributed by atoms with Crippen molar-refractivity contribution < 1.29 is 4.74 Å². The molecule has 0 fully saturated rings. The van der Waals surface area contributed by atoms with Gasteiger partial charge in [0.05, 0.1) is 6.20 Å². The van der Waals surface area contributed by atoms with E-state index in [0.717, 1.165) is 23.8 Å². The highest BCUT2D eigenvalue weighted by Gasteiger charge is 2.28. The maximum Gasteiger partial charge on any atom is 0.183 e. The highest BCUT2D eigenvalue weighted by atomic mass is 16.5. The zero-order chi connectivity index (χ0) is 12.5. The van der Waals surface area contributed by atoms with E-state index in [9.17, 15) is 0 Å². The number of nitrogens with zero attached hydrogens (tertiary/aromatic N) is 4. The van der Waals surface area contributed by atoms with Crippen LogP contribution in [0.15, 0.2) is 30.6 Å². The number of rotatable bonds is 2. The summed E-state index contributed by atoms with van der Waals surface area (Å²) in [4.78, 5) is 15.2. The lowest BCUT2D eigenvalue weighted by Crippen LogP contribution is -2.31. The molecule has 1 atom stereocenters. The van der Waals surface area contributed by atoms with E-state index in [2.05, 4.69) is 26.8 Å². The van der Waals surface area contributed by atoms with Crippen molar-refractivity contribution in [3.05, 3.63) is 30.6 Å². The van der Waals surface area contributed by atoms with Gasteiger partial charge in [-0.2, -0.15) is 0 Å². The molecule has 1 aliphatic rings. The van der Waals surface area contributed by atoms with Gasteiger partial charge in [-0.25, -0.2) is 9.97 Å². The van der Waals surface area contributed by atoms with Crippen LogP contribution in [0.5, 0.6) is 5.75 Å². The minimum absolute atomic E-state index is 0.0123. The maximum absolute atomic E-state index is 5.68. The van der Waals surface area contributed by atoms with Crippen LogP contribution in [0.25, 0.3) is 11.5 Å². The van der Waals surface area contributed by atoms with Gasteiger partial charge in [0.2, 0.25) is 0 Å². The van der Waals surface area contributed by atoms with E-state index >= 15 is 0 Å². The van der Waals surface area contributed by atoms with Crippen molar-refractivity contribution in [3.63, 3.8) is 0 Å². The average Bonchev–Trinajstić information content (AvgIpc) is 2.74. The number of fused-ring (bicyclic) bond motifs is 1. The molecule has 0 N–H and O–H groups in total. The highest BCUT2D eigenvalue weighted by Crippen LogP contribution is 2.35. The van der Waals surface area contributed by atoms with Gasteiger partial charge in [0, 0.05) is 12.7 Å². The largest absolute Gasteiger partial charge is 0.465 e. The average molecular weight is 242 g/mol. The first-order valence-electron chi connectivity index (χ1n) is 6.01. The van der Waals surface area contributed by atoms with Gasteiger partial charge in [-0.3, -0.25) is 4.98 Å². The van der Waals surface area contributed by atoms with Gasteiger partial charge < -0.3 is 9.64 Å². The van der Waals surface area contributed by atoms with E-state index < -0.39 is 0 Å². The standard InChI is InChI=1S/C13H14N4O/c1-3-17-9(2)18-11-8-15-12(16-13(11)17)10-6-4-5-7-14-10/h4-9H,3H2,1-2H3. The van der Waals surface area contributed by atoms with Crippen LogP contribution in [0.2, 0.25) is 0 Å². The summed E-state index contributed by atoms with van der Waals surface area (Å²) in [5, 5.41) is 0. The predicted octanol–water partition coefficient (Wildman–Crippen LogP) is 2.10. The Morgan fingerprint density at radius 2 is 2.22 bits per heavy atom. The second-order valence-corrected chi connectivity index (χ2v) is 4.10. The van der Waals surface area contributed by atoms with Gasteiger partial charge in [-0.15, -0.1) is 0 Å². The molecule has 0 saturated carbocycles. The lowest BCUT2D eigenvalue weighted by molar-refractivity contribution is 0.245. The summed E-state index contributed by atoms with van der Waals surface area (Å²) < 4.78 is 5.68. The zero-order valence-corrected chi connectivity index (χ0v) is 10.4. The molecule has 3 rings (SSSR count). The van der Waals surface area contributed by atoms with Gasteiger partial charge in [0.25, 0.3) is 0 Å². The van der Waals surface area contributed by atoms with E-state index in [1.807, 2.05) is 25.1 Å². The minimum atomic E-state index is 0.0123. The van der Waals surface area contributed by atoms with E-state index in [1.165, 1.54) is 0 Å². The zero-order valence-electron chi connectivity index (χ0n) is 10.4. The molecule has 18 heavy (non-hydrogen) atoms. The molecule has 0 aromatic carbocycles. The first-order valence-corrected chi connectivity index (χ1v) is 6.01. The summed E-state index contributed by atoms with van der Waals surface area (Å²) in [5.74, 6) is 2.22. The molecule has 1 unspecified atom stereocenters. The Bertz CT molecular complexity index is 558. The number of pyridine rings is 1. The first-order chi connectivity index (χ1) is 8.79. The normalized spacial score (nSPS) is 17.4. The van der Waals surface area contributed by atoms with Crippen LogP contribution in [0.3, 0.4) is 0 Å². The van der Waals surface area contributed by atoms with Crippen molar-refractivity contribution >= 4 is 5.82 Å². The van der Waals surface area contributed by atoms with Crippen LogP contribution in [-0.4, -0.2) is 27.7 Å². The predicted molar refractivity (Wildman–Crippen MR) is 68.4 cm³/mol. The molecule has 5 heteroatoms. The molecule has 0 radical (unpaired) electrons. The van der Waals surface area contributed by atoms with E-state index in [4.69, 9.17) is 4.74 Å². The fourth-order valence-corrected chi connectivity index (χ4v) is 2.10. The van der Waals surface area contributed by atoms with Crippen molar-refractivity contribution in [2.75, 3.05) is 11.4 Å². The third-order valence-electron chi connectivity index (χ3n) is 2.98. The smallest absolute Gasteiger partial charge is 0.183 e. The van der Waals surface area contributed by atoms with Crippen molar-refractivity contribution in [1.82, 2.24) is 15.0 Å². The Balaban J connectivity index is 2.05. The second-order valence-electron chi connectivity index (χ2n) is 4.10. The topological polar surface area (TPSA) is 51.1 Å². The first kappa shape index (κ1) is 11.0. The van der Waals surface area contributed by atoms with Gasteiger partial charge >= 0.3 is 0 Å². The summed E-state index contributed by atoms with van der Waals surface area (Å²) in [6, 6.07) is 5.70. The fraction of sp³-hybridized carbons (Fsp3) is 0.308. The molecule has 0 saturated heterocycles. The van der Waals surface area contributed by atoms with Gasteiger partial charge in [0.1, 0.15) is 5.69 Å². The number of hydrogen-bond donors (Lipinski definition) is 0. The van der Waals surface area contributed by atoms with Crippen molar-refractivity contribution in [1.29, 1.82) is 0 Å². The van der Waals surface area contributed by atoms with Crippen LogP contribution in [0, 0.1) is 0 Å². The van der Waals surface area contributed by atoms with Gasteiger partial charge in [-0.1, -0.05) is 6.07 Å². The summed E-state index contributed by atoms with van der Waals surface area (Å²) in [7, 11) is 0. The highest BCUT2D eigenvalue weighted by molar-refractivity contribution is 5.60. The van der Waals surface area contributed by atoms with Crippen LogP contribution < -0.4 is 9.64 Å². The molecule has 5 nitrogen and oxygen atoms in total. The Labute approximate surface area is 105 Å². The Morgan fingerprint density at radius 1 is 1.33 bits per heavy atom. The lowest BCUT2D eigenvalue weighted by atomic mass is 10.3. The van der Waals surface area contributed by atoms with Crippen LogP contribution in [0.1, 0.15) is 13.8 Å². The molecular formula is C13H14N4O. The Kier molecular flexibility index (Phi) is 2.59. The molecular weight excluding hydrogens is 228 g/mol. The molecule has 2 aromatic heterocycles. The fourth-order valence-electron chi connectivity index (χ4n) is 2.10. The summed E-state index contributed by atoms with van der Waals surface area (Å²) in [6.07, 6.45) is 3.47. The second kappa shape index (κ2) is 4.25. The van der Waals surface area contributed by atoms with Crippen LogP contribution >= 0.6 is 0 Å². The molecule has 0 bridgehead atoms. The van der Waals surface area contributed by atoms with Crippen molar-refractivity contribution in [2.45, 2.75) is 20.1 Å². The van der Waals surface area contributed by atoms with Crippen molar-refractivity contribution in [3.8, 4) is 17.3 Å². The van der Waals surface area contributed by atoms with Crippen LogP contribution in [-0.2, 0) is 0 Å². The van der Waals surface area contributed by atoms with Crippen molar-refractivity contribution in [2.24, 2.45) is 0 Å². The number of anilines is 1. The lowest BCUT2D eigenvalue weighted by Gasteiger charge is -2.18. The Morgan fingerprint density at radius 3 is 2.94 bits per heavy atom. The quantitative estimate of drug-likeness (QED) is 0.807. The summed E-state index contributed by atoms with van der Waals surface area (Å²) in [6.45, 7) is 4.94. The third kappa shape index (κ3) is 1.68. The molecule has 0 amide bonds. The van der Waals surface area contributed by atoms with Gasteiger partial charge in [-0.05, 0) is 26.0 Å². The molecule has 0 spiro atoms. The monoisotopic (exact) mass is 242 g/mol. The van der Waals surface area contributed by atoms with E-state index in [1.54, 1.807) is 12.4 Å². The number of aromatic nitrogens is 3. The van der Waals surface area contributed by atoms with Crippen LogP contribution in [0.4, 0.5) is 5.82 Å². The summed E-state index contributed by atoms with van der Waals surface area (Å²) >= 11 is 0. The van der Waals surface area contributed by atoms with E-state index in [-0.39, 0.29) is 6.23 Å². The minimum Gasteiger partial charge on any atom is -0.465 e. The molecule has 3 heterocycles. The molecule has 1 aliphatic heterocycles. The third-order valence-corrected chi connectivity index (χ3v) is 2.98. The summed E-state index contributed by atoms with van der Waals surface area (Å²) in [5.41, 5.74) is 0.774. The van der Waals surface area contributed by atoms with Gasteiger partial charge in [0.15, 0.2) is 23.6 Å². The SMILES string of the molecule is CCN1c2nc(-c3ccccn3)ncc2OC1C. The van der Waals surface area contributed by atoms with E-state index in [0.29, 0.717) is 5.82 Å². The molecule has 0 aliphatic carbocycles. The maximum atomic E-state index is 5.68. The number of hydrogen-bond acceptors (Lipinski definition) is 5. The molecule has 92 valence electrons. The molecule has 2 aromatic rings.